The fourth-order valence-electron chi connectivity index (χ4n) is 2.18. The highest BCUT2D eigenvalue weighted by molar-refractivity contribution is 4.87. The molecule has 10 heteroatoms. The van der Waals surface area contributed by atoms with Gasteiger partial charge in [-0.15, -0.1) is 0 Å². The normalized spacial score (nSPS) is 23.7. The Morgan fingerprint density at radius 2 is 0.429 bits per heavy atom. The van der Waals surface area contributed by atoms with Gasteiger partial charge in [-0.25, -0.2) is 0 Å². The van der Waals surface area contributed by atoms with Gasteiger partial charge in [0.05, 0.1) is 79.3 Å². The minimum Gasteiger partial charge on any atom is -0.458 e. The zero-order chi connectivity index (χ0) is 19.5. The maximum absolute atomic E-state index is 5.68. The molecule has 0 aliphatic carbocycles. The predicted octanol–water partition coefficient (Wildman–Crippen LogP) is 0.306. The first kappa shape index (κ1) is 23.0. The Balaban J connectivity index is 1.90. The Morgan fingerprint density at radius 3 is 0.643 bits per heavy atom. The Bertz CT molecular complexity index is 368. The van der Waals surface area contributed by atoms with Crippen LogP contribution >= 0.6 is 0 Å². The van der Waals surface area contributed by atoms with Crippen molar-refractivity contribution in [2.24, 2.45) is 0 Å². The van der Waals surface area contributed by atoms with E-state index < -0.39 is 0 Å². The molecule has 0 aromatic rings. The van der Waals surface area contributed by atoms with Crippen molar-refractivity contribution in [2.45, 2.75) is 0 Å². The maximum Gasteiger partial charge on any atom is 0.364 e. The van der Waals surface area contributed by atoms with E-state index in [1.807, 2.05) is 0 Å². The monoisotopic (exact) mass is 408 g/mol. The van der Waals surface area contributed by atoms with Gasteiger partial charge in [-0.2, -0.15) is 0 Å². The van der Waals surface area contributed by atoms with Crippen molar-refractivity contribution < 1.29 is 47.4 Å². The first-order chi connectivity index (χ1) is 14.0. The summed E-state index contributed by atoms with van der Waals surface area (Å²) in [5, 5.41) is 0. The fourth-order valence-corrected chi connectivity index (χ4v) is 2.18. The van der Waals surface area contributed by atoms with Crippen molar-refractivity contribution in [2.75, 3.05) is 106 Å². The van der Waals surface area contributed by atoms with Crippen molar-refractivity contribution in [1.29, 1.82) is 0 Å². The highest BCUT2D eigenvalue weighted by Crippen LogP contribution is 2.13. The van der Waals surface area contributed by atoms with E-state index in [1.54, 1.807) is 0 Å². The molecule has 164 valence electrons. The average Bonchev–Trinajstić information content (AvgIpc) is 2.70. The van der Waals surface area contributed by atoms with Crippen molar-refractivity contribution in [3.8, 4) is 0 Å². The van der Waals surface area contributed by atoms with Crippen molar-refractivity contribution in [1.82, 2.24) is 0 Å². The van der Waals surface area contributed by atoms with Crippen LogP contribution in [0, 0.1) is 0 Å². The van der Waals surface area contributed by atoms with Gasteiger partial charge in [0, 0.05) is 0 Å². The van der Waals surface area contributed by atoms with Gasteiger partial charge in [0.15, 0.2) is 0 Å². The van der Waals surface area contributed by atoms with Crippen LogP contribution in [0.5, 0.6) is 0 Å². The topological polar surface area (TPSA) is 92.3 Å². The Kier molecular flexibility index (Phi) is 13.7. The van der Waals surface area contributed by atoms with Crippen LogP contribution in [0.15, 0.2) is 11.9 Å². The van der Waals surface area contributed by atoms with E-state index in [0.29, 0.717) is 92.5 Å². The van der Waals surface area contributed by atoms with Crippen LogP contribution in [-0.4, -0.2) is 106 Å². The summed E-state index contributed by atoms with van der Waals surface area (Å²) < 4.78 is 55.3. The molecule has 0 spiro atoms. The van der Waals surface area contributed by atoms with E-state index in [-0.39, 0.29) is 25.1 Å². The summed E-state index contributed by atoms with van der Waals surface area (Å²) >= 11 is 0. The number of hydrogen-bond donors (Lipinski definition) is 0. The van der Waals surface area contributed by atoms with Crippen molar-refractivity contribution in [3.63, 3.8) is 0 Å². The highest BCUT2D eigenvalue weighted by atomic mass is 16.7. The molecule has 2 aliphatic rings. The molecular formula is C18H32O10. The fraction of sp³-hybridized carbons (Fsp3) is 0.889. The van der Waals surface area contributed by atoms with Gasteiger partial charge >= 0.3 is 11.9 Å². The van der Waals surface area contributed by atoms with E-state index in [2.05, 4.69) is 0 Å². The van der Waals surface area contributed by atoms with Gasteiger partial charge in [0.25, 0.3) is 0 Å². The molecule has 0 atom stereocenters. The maximum atomic E-state index is 5.68. The molecule has 2 aliphatic heterocycles. The minimum absolute atomic E-state index is 0.161. The smallest absolute Gasteiger partial charge is 0.364 e. The van der Waals surface area contributed by atoms with Crippen LogP contribution in [0.1, 0.15) is 0 Å². The van der Waals surface area contributed by atoms with Crippen LogP contribution < -0.4 is 0 Å². The second-order valence-corrected chi connectivity index (χ2v) is 5.64. The summed E-state index contributed by atoms with van der Waals surface area (Å²) in [6, 6.07) is 0. The molecule has 0 unspecified atom stereocenters. The molecule has 0 saturated carbocycles. The molecule has 0 aromatic heterocycles. The first-order valence-electron chi connectivity index (χ1n) is 9.69. The molecule has 0 amide bonds. The first-order valence-corrected chi connectivity index (χ1v) is 9.69. The third-order valence-corrected chi connectivity index (χ3v) is 3.50. The average molecular weight is 408 g/mol. The van der Waals surface area contributed by atoms with E-state index in [0.717, 1.165) is 0 Å². The molecule has 28 heavy (non-hydrogen) atoms. The lowest BCUT2D eigenvalue weighted by Crippen LogP contribution is -2.19. The Hall–Kier alpha value is -1.30. The lowest BCUT2D eigenvalue weighted by molar-refractivity contribution is -0.0868. The molecule has 0 saturated heterocycles. The van der Waals surface area contributed by atoms with Crippen LogP contribution in [0.2, 0.25) is 0 Å². The van der Waals surface area contributed by atoms with Crippen LogP contribution in [0.25, 0.3) is 0 Å². The summed E-state index contributed by atoms with van der Waals surface area (Å²) in [4.78, 5) is 0. The summed E-state index contributed by atoms with van der Waals surface area (Å²) in [7, 11) is 0. The SMILES string of the molecule is C1COCCOCCOC2=C(OCCOCCO1)OCCOCCOCCO2. The summed E-state index contributed by atoms with van der Waals surface area (Å²) in [6.45, 7) is 6.70. The molecule has 0 N–H and O–H groups in total. The summed E-state index contributed by atoms with van der Waals surface area (Å²) in [5.74, 6) is 0.321. The van der Waals surface area contributed by atoms with Crippen molar-refractivity contribution >= 4 is 0 Å². The molecular weight excluding hydrogens is 376 g/mol. The van der Waals surface area contributed by atoms with Crippen LogP contribution in [0.4, 0.5) is 0 Å². The molecule has 0 fully saturated rings. The zero-order valence-corrected chi connectivity index (χ0v) is 16.4. The van der Waals surface area contributed by atoms with E-state index in [9.17, 15) is 0 Å². The molecule has 2 rings (SSSR count). The minimum atomic E-state index is 0.161. The third-order valence-electron chi connectivity index (χ3n) is 3.50. The molecule has 2 heterocycles. The summed E-state index contributed by atoms with van der Waals surface area (Å²) in [6.07, 6.45) is 0. The standard InChI is InChI=1S/C18H32O10/c1-2-20-4-6-22-10-14-26-18-17(25-13-9-21-5-3-19-1)27-15-11-23-7-8-24-12-16-28-18/h1-16H2. The zero-order valence-electron chi connectivity index (χ0n) is 16.4. The van der Waals surface area contributed by atoms with Gasteiger partial charge in [-0.1, -0.05) is 0 Å². The van der Waals surface area contributed by atoms with Crippen LogP contribution in [-0.2, 0) is 47.4 Å². The number of hydrogen-bond acceptors (Lipinski definition) is 10. The molecule has 0 bridgehead atoms. The van der Waals surface area contributed by atoms with E-state index in [1.165, 1.54) is 0 Å². The van der Waals surface area contributed by atoms with Gasteiger partial charge in [0.2, 0.25) is 0 Å². The van der Waals surface area contributed by atoms with Gasteiger partial charge < -0.3 is 47.4 Å². The highest BCUT2D eigenvalue weighted by Gasteiger charge is 2.16. The van der Waals surface area contributed by atoms with Gasteiger partial charge in [-0.3, -0.25) is 0 Å². The number of rotatable bonds is 0. The van der Waals surface area contributed by atoms with Crippen molar-refractivity contribution in [3.05, 3.63) is 11.9 Å². The van der Waals surface area contributed by atoms with E-state index >= 15 is 0 Å². The predicted molar refractivity (Wildman–Crippen MR) is 95.7 cm³/mol. The third kappa shape index (κ3) is 11.5. The van der Waals surface area contributed by atoms with Gasteiger partial charge in [0.1, 0.15) is 26.4 Å². The van der Waals surface area contributed by atoms with Crippen LogP contribution in [0.3, 0.4) is 0 Å². The van der Waals surface area contributed by atoms with E-state index in [4.69, 9.17) is 47.4 Å². The second kappa shape index (κ2) is 16.6. The van der Waals surface area contributed by atoms with Gasteiger partial charge in [-0.05, 0) is 0 Å². The summed E-state index contributed by atoms with van der Waals surface area (Å²) in [5.41, 5.74) is 0. The lowest BCUT2D eigenvalue weighted by Gasteiger charge is -2.19. The molecule has 10 nitrogen and oxygen atoms in total. The quantitative estimate of drug-likeness (QED) is 0.557. The lowest BCUT2D eigenvalue weighted by atomic mass is 10.6. The largest absolute Gasteiger partial charge is 0.458 e. The Labute approximate surface area is 165 Å². The molecule has 0 radical (unpaired) electrons. The molecule has 0 aromatic carbocycles. The Morgan fingerprint density at radius 1 is 0.250 bits per heavy atom. The number of ether oxygens (including phenoxy) is 10. The second-order valence-electron chi connectivity index (χ2n) is 5.64.